The van der Waals surface area contributed by atoms with Crippen molar-refractivity contribution in [2.45, 2.75) is 18.8 Å². The Morgan fingerprint density at radius 3 is 2.57 bits per heavy atom. The second-order valence-corrected chi connectivity index (χ2v) is 6.63. The molecule has 1 aliphatic heterocycles. The largest absolute Gasteiger partial charge is 0.437 e. The number of rotatable bonds is 4. The quantitative estimate of drug-likeness (QED) is 0.690. The van der Waals surface area contributed by atoms with Gasteiger partial charge in [0.25, 0.3) is 5.91 Å². The van der Waals surface area contributed by atoms with Gasteiger partial charge in [0.15, 0.2) is 0 Å². The standard InChI is InChI=1S/C21H19FN4O2/c22-17-3-5-18(6-4-17)28-20-19(24-11-12-25-20)16-2-1-13-26(14-16)21(27)15-7-9-23-10-8-15/h3-12,16H,1-2,13-14H2. The van der Waals surface area contributed by atoms with Crippen LogP contribution in [0.4, 0.5) is 4.39 Å². The Hall–Kier alpha value is -3.35. The fourth-order valence-electron chi connectivity index (χ4n) is 3.37. The van der Waals surface area contributed by atoms with E-state index in [2.05, 4.69) is 15.0 Å². The van der Waals surface area contributed by atoms with Gasteiger partial charge >= 0.3 is 0 Å². The topological polar surface area (TPSA) is 68.2 Å². The third-order valence-corrected chi connectivity index (χ3v) is 4.74. The van der Waals surface area contributed by atoms with Crippen LogP contribution in [0.5, 0.6) is 11.6 Å². The molecule has 6 nitrogen and oxygen atoms in total. The number of hydrogen-bond acceptors (Lipinski definition) is 5. The van der Waals surface area contributed by atoms with Gasteiger partial charge in [-0.25, -0.2) is 9.37 Å². The van der Waals surface area contributed by atoms with E-state index in [9.17, 15) is 9.18 Å². The monoisotopic (exact) mass is 378 g/mol. The Balaban J connectivity index is 1.54. The van der Waals surface area contributed by atoms with E-state index in [1.807, 2.05) is 4.90 Å². The lowest BCUT2D eigenvalue weighted by atomic mass is 9.94. The highest BCUT2D eigenvalue weighted by Crippen LogP contribution is 2.33. The number of carbonyl (C=O) groups excluding carboxylic acids is 1. The van der Waals surface area contributed by atoms with Crippen molar-refractivity contribution in [3.8, 4) is 11.6 Å². The summed E-state index contributed by atoms with van der Waals surface area (Å²) < 4.78 is 19.0. The number of amides is 1. The summed E-state index contributed by atoms with van der Waals surface area (Å²) in [5.41, 5.74) is 1.33. The molecule has 1 aromatic carbocycles. The van der Waals surface area contributed by atoms with Gasteiger partial charge in [0.2, 0.25) is 5.88 Å². The average Bonchev–Trinajstić information content (AvgIpc) is 2.76. The van der Waals surface area contributed by atoms with Gasteiger partial charge in [-0.05, 0) is 49.2 Å². The van der Waals surface area contributed by atoms with Crippen molar-refractivity contribution in [1.82, 2.24) is 19.9 Å². The van der Waals surface area contributed by atoms with Crippen LogP contribution >= 0.6 is 0 Å². The van der Waals surface area contributed by atoms with Crippen LogP contribution in [-0.2, 0) is 0 Å². The SMILES string of the molecule is O=C(c1ccncc1)N1CCCC(c2nccnc2Oc2ccc(F)cc2)C1. The van der Waals surface area contributed by atoms with Gasteiger partial charge in [0.1, 0.15) is 17.3 Å². The number of hydrogen-bond donors (Lipinski definition) is 0. The maximum absolute atomic E-state index is 13.1. The second kappa shape index (κ2) is 8.12. The lowest BCUT2D eigenvalue weighted by Crippen LogP contribution is -2.39. The zero-order valence-electron chi connectivity index (χ0n) is 15.2. The third kappa shape index (κ3) is 3.98. The van der Waals surface area contributed by atoms with Crippen molar-refractivity contribution in [2.24, 2.45) is 0 Å². The van der Waals surface area contributed by atoms with E-state index in [4.69, 9.17) is 4.74 Å². The number of likely N-dealkylation sites (tertiary alicyclic amines) is 1. The van der Waals surface area contributed by atoms with Gasteiger partial charge in [-0.1, -0.05) is 0 Å². The van der Waals surface area contributed by atoms with Gasteiger partial charge in [0.05, 0.1) is 0 Å². The van der Waals surface area contributed by atoms with Crippen molar-refractivity contribution in [2.75, 3.05) is 13.1 Å². The first kappa shape index (κ1) is 18.0. The van der Waals surface area contributed by atoms with Crippen LogP contribution in [0.1, 0.15) is 34.8 Å². The van der Waals surface area contributed by atoms with Crippen LogP contribution in [0.25, 0.3) is 0 Å². The molecule has 0 aliphatic carbocycles. The zero-order valence-corrected chi connectivity index (χ0v) is 15.2. The van der Waals surface area contributed by atoms with Crippen LogP contribution in [0.3, 0.4) is 0 Å². The van der Waals surface area contributed by atoms with E-state index in [0.717, 1.165) is 12.8 Å². The Morgan fingerprint density at radius 1 is 1.04 bits per heavy atom. The molecule has 0 spiro atoms. The highest BCUT2D eigenvalue weighted by molar-refractivity contribution is 5.94. The molecule has 0 N–H and O–H groups in total. The number of piperidine rings is 1. The second-order valence-electron chi connectivity index (χ2n) is 6.63. The van der Waals surface area contributed by atoms with Crippen molar-refractivity contribution in [3.63, 3.8) is 0 Å². The third-order valence-electron chi connectivity index (χ3n) is 4.74. The first-order valence-corrected chi connectivity index (χ1v) is 9.14. The minimum absolute atomic E-state index is 0.0167. The van der Waals surface area contributed by atoms with Gasteiger partial charge in [-0.2, -0.15) is 0 Å². The first-order chi connectivity index (χ1) is 13.7. The van der Waals surface area contributed by atoms with E-state index in [1.165, 1.54) is 12.1 Å². The van der Waals surface area contributed by atoms with Crippen LogP contribution in [0.2, 0.25) is 0 Å². The molecule has 1 saturated heterocycles. The van der Waals surface area contributed by atoms with Gasteiger partial charge in [0, 0.05) is 49.4 Å². The molecule has 1 aliphatic rings. The maximum Gasteiger partial charge on any atom is 0.253 e. The number of pyridine rings is 1. The number of carbonyl (C=O) groups is 1. The molecular formula is C21H19FN4O2. The number of nitrogens with zero attached hydrogens (tertiary/aromatic N) is 4. The van der Waals surface area contributed by atoms with E-state index in [1.54, 1.807) is 49.1 Å². The Labute approximate surface area is 162 Å². The summed E-state index contributed by atoms with van der Waals surface area (Å²) in [6, 6.07) is 9.21. The van der Waals surface area contributed by atoms with Gasteiger partial charge in [-0.3, -0.25) is 14.8 Å². The minimum Gasteiger partial charge on any atom is -0.437 e. The summed E-state index contributed by atoms with van der Waals surface area (Å²) >= 11 is 0. The molecule has 0 radical (unpaired) electrons. The smallest absolute Gasteiger partial charge is 0.253 e. The molecule has 1 amide bonds. The van der Waals surface area contributed by atoms with Crippen molar-refractivity contribution >= 4 is 5.91 Å². The van der Waals surface area contributed by atoms with Crippen molar-refractivity contribution in [1.29, 1.82) is 0 Å². The molecule has 3 heterocycles. The van der Waals surface area contributed by atoms with E-state index in [0.29, 0.717) is 36.0 Å². The lowest BCUT2D eigenvalue weighted by molar-refractivity contribution is 0.0704. The highest BCUT2D eigenvalue weighted by atomic mass is 19.1. The Bertz CT molecular complexity index is 950. The van der Waals surface area contributed by atoms with Crippen LogP contribution in [-0.4, -0.2) is 38.8 Å². The first-order valence-electron chi connectivity index (χ1n) is 9.14. The average molecular weight is 378 g/mol. The molecule has 1 unspecified atom stereocenters. The maximum atomic E-state index is 13.1. The summed E-state index contributed by atoms with van der Waals surface area (Å²) in [7, 11) is 0. The predicted octanol–water partition coefficient (Wildman–Crippen LogP) is 3.82. The molecule has 4 rings (SSSR count). The number of aromatic nitrogens is 3. The molecule has 7 heteroatoms. The number of benzene rings is 1. The normalized spacial score (nSPS) is 16.6. The number of ether oxygens (including phenoxy) is 1. The van der Waals surface area contributed by atoms with Crippen molar-refractivity contribution < 1.29 is 13.9 Å². The summed E-state index contributed by atoms with van der Waals surface area (Å²) in [5, 5.41) is 0. The molecular weight excluding hydrogens is 359 g/mol. The Kier molecular flexibility index (Phi) is 5.23. The summed E-state index contributed by atoms with van der Waals surface area (Å²) in [5.74, 6) is 0.547. The zero-order chi connectivity index (χ0) is 19.3. The van der Waals surface area contributed by atoms with Crippen LogP contribution in [0, 0.1) is 5.82 Å². The molecule has 28 heavy (non-hydrogen) atoms. The summed E-state index contributed by atoms with van der Waals surface area (Å²) in [4.78, 5) is 27.4. The minimum atomic E-state index is -0.329. The van der Waals surface area contributed by atoms with E-state index in [-0.39, 0.29) is 17.6 Å². The highest BCUT2D eigenvalue weighted by Gasteiger charge is 2.29. The predicted molar refractivity (Wildman–Crippen MR) is 101 cm³/mol. The fourth-order valence-corrected chi connectivity index (χ4v) is 3.37. The summed E-state index contributed by atoms with van der Waals surface area (Å²) in [6.45, 7) is 1.24. The summed E-state index contributed by atoms with van der Waals surface area (Å²) in [6.07, 6.45) is 8.17. The van der Waals surface area contributed by atoms with Gasteiger partial charge in [-0.15, -0.1) is 0 Å². The van der Waals surface area contributed by atoms with Crippen molar-refractivity contribution in [3.05, 3.63) is 78.3 Å². The van der Waals surface area contributed by atoms with E-state index >= 15 is 0 Å². The Morgan fingerprint density at radius 2 is 1.79 bits per heavy atom. The number of halogens is 1. The molecule has 0 saturated carbocycles. The molecule has 1 atom stereocenters. The molecule has 3 aromatic rings. The molecule has 1 fully saturated rings. The lowest BCUT2D eigenvalue weighted by Gasteiger charge is -2.32. The molecule has 2 aromatic heterocycles. The van der Waals surface area contributed by atoms with Crippen LogP contribution < -0.4 is 4.74 Å². The fraction of sp³-hybridized carbons (Fsp3) is 0.238. The molecule has 0 bridgehead atoms. The van der Waals surface area contributed by atoms with E-state index < -0.39 is 0 Å². The molecule has 142 valence electrons. The van der Waals surface area contributed by atoms with Gasteiger partial charge < -0.3 is 9.64 Å². The van der Waals surface area contributed by atoms with Crippen LogP contribution in [0.15, 0.2) is 61.2 Å².